The SMILES string of the molecule is c1ccc(C(NCc2ccco2)C2CCCC2)cc1. The molecule has 1 atom stereocenters. The standard InChI is InChI=1S/C17H21NO/c1-2-7-14(8-3-1)17(15-9-4-5-10-15)18-13-16-11-6-12-19-16/h1-3,6-8,11-12,15,17-18H,4-5,9-10,13H2. The van der Waals surface area contributed by atoms with Gasteiger partial charge < -0.3 is 9.73 Å². The molecule has 1 heterocycles. The number of benzene rings is 1. The van der Waals surface area contributed by atoms with Crippen molar-refractivity contribution in [1.82, 2.24) is 5.32 Å². The minimum atomic E-state index is 0.453. The predicted octanol–water partition coefficient (Wildman–Crippen LogP) is 4.30. The smallest absolute Gasteiger partial charge is 0.117 e. The molecule has 2 nitrogen and oxygen atoms in total. The van der Waals surface area contributed by atoms with Gasteiger partial charge in [0.1, 0.15) is 5.76 Å². The van der Waals surface area contributed by atoms with E-state index in [1.165, 1.54) is 31.2 Å². The maximum absolute atomic E-state index is 5.42. The number of furan rings is 1. The van der Waals surface area contributed by atoms with Crippen LogP contribution in [0.25, 0.3) is 0 Å². The van der Waals surface area contributed by atoms with Crippen LogP contribution in [-0.4, -0.2) is 0 Å². The Morgan fingerprint density at radius 3 is 2.53 bits per heavy atom. The molecule has 0 amide bonds. The molecule has 1 aliphatic rings. The van der Waals surface area contributed by atoms with Crippen molar-refractivity contribution in [2.24, 2.45) is 5.92 Å². The quantitative estimate of drug-likeness (QED) is 0.861. The number of nitrogens with one attached hydrogen (secondary N) is 1. The third-order valence-corrected chi connectivity index (χ3v) is 4.11. The molecule has 2 aromatic rings. The summed E-state index contributed by atoms with van der Waals surface area (Å²) in [6.45, 7) is 0.809. The summed E-state index contributed by atoms with van der Waals surface area (Å²) in [5, 5.41) is 3.69. The predicted molar refractivity (Wildman–Crippen MR) is 76.7 cm³/mol. The fraction of sp³-hybridized carbons (Fsp3) is 0.412. The van der Waals surface area contributed by atoms with Gasteiger partial charge in [-0.2, -0.15) is 0 Å². The van der Waals surface area contributed by atoms with Crippen LogP contribution in [0.15, 0.2) is 53.1 Å². The lowest BCUT2D eigenvalue weighted by Gasteiger charge is -2.25. The highest BCUT2D eigenvalue weighted by Crippen LogP contribution is 2.35. The van der Waals surface area contributed by atoms with Gasteiger partial charge in [0.15, 0.2) is 0 Å². The van der Waals surface area contributed by atoms with Gasteiger partial charge in [0.2, 0.25) is 0 Å². The summed E-state index contributed by atoms with van der Waals surface area (Å²) < 4.78 is 5.42. The van der Waals surface area contributed by atoms with Gasteiger partial charge in [-0.15, -0.1) is 0 Å². The van der Waals surface area contributed by atoms with Crippen LogP contribution < -0.4 is 5.32 Å². The second kappa shape index (κ2) is 6.07. The second-order valence-electron chi connectivity index (χ2n) is 5.39. The fourth-order valence-electron chi connectivity index (χ4n) is 3.13. The van der Waals surface area contributed by atoms with E-state index in [4.69, 9.17) is 4.42 Å². The lowest BCUT2D eigenvalue weighted by atomic mass is 9.91. The largest absolute Gasteiger partial charge is 0.468 e. The molecule has 100 valence electrons. The summed E-state index contributed by atoms with van der Waals surface area (Å²) in [5.41, 5.74) is 1.40. The van der Waals surface area contributed by atoms with Gasteiger partial charge in [0.25, 0.3) is 0 Å². The molecule has 0 aliphatic heterocycles. The molecule has 1 saturated carbocycles. The van der Waals surface area contributed by atoms with E-state index in [0.717, 1.165) is 18.2 Å². The topological polar surface area (TPSA) is 25.2 Å². The van der Waals surface area contributed by atoms with Gasteiger partial charge in [-0.3, -0.25) is 0 Å². The van der Waals surface area contributed by atoms with Crippen molar-refractivity contribution < 1.29 is 4.42 Å². The molecule has 19 heavy (non-hydrogen) atoms. The minimum Gasteiger partial charge on any atom is -0.468 e. The van der Waals surface area contributed by atoms with Crippen LogP contribution in [0, 0.1) is 5.92 Å². The van der Waals surface area contributed by atoms with Crippen molar-refractivity contribution in [1.29, 1.82) is 0 Å². The van der Waals surface area contributed by atoms with E-state index in [1.54, 1.807) is 6.26 Å². The molecule has 1 N–H and O–H groups in total. The average molecular weight is 255 g/mol. The first-order valence-electron chi connectivity index (χ1n) is 7.24. The Bertz CT molecular complexity index is 471. The highest BCUT2D eigenvalue weighted by molar-refractivity contribution is 5.20. The molecule has 0 spiro atoms. The third-order valence-electron chi connectivity index (χ3n) is 4.11. The van der Waals surface area contributed by atoms with Crippen LogP contribution in [0.5, 0.6) is 0 Å². The Labute approximate surface area is 114 Å². The Morgan fingerprint density at radius 2 is 1.84 bits per heavy atom. The van der Waals surface area contributed by atoms with E-state index in [1.807, 2.05) is 12.1 Å². The fourth-order valence-corrected chi connectivity index (χ4v) is 3.13. The molecule has 0 saturated heterocycles. The second-order valence-corrected chi connectivity index (χ2v) is 5.39. The Balaban J connectivity index is 1.72. The van der Waals surface area contributed by atoms with E-state index >= 15 is 0 Å². The van der Waals surface area contributed by atoms with Gasteiger partial charge in [-0.05, 0) is 36.5 Å². The zero-order valence-corrected chi connectivity index (χ0v) is 11.2. The van der Waals surface area contributed by atoms with Crippen molar-refractivity contribution in [2.45, 2.75) is 38.3 Å². The number of hydrogen-bond acceptors (Lipinski definition) is 2. The average Bonchev–Trinajstić information content (AvgIpc) is 3.13. The monoisotopic (exact) mass is 255 g/mol. The van der Waals surface area contributed by atoms with Gasteiger partial charge in [0, 0.05) is 6.04 Å². The van der Waals surface area contributed by atoms with Crippen molar-refractivity contribution in [3.8, 4) is 0 Å². The molecule has 0 bridgehead atoms. The van der Waals surface area contributed by atoms with Gasteiger partial charge in [0.05, 0.1) is 12.8 Å². The minimum absolute atomic E-state index is 0.453. The van der Waals surface area contributed by atoms with Crippen LogP contribution in [0.1, 0.15) is 43.0 Å². The summed E-state index contributed by atoms with van der Waals surface area (Å²) in [6, 6.07) is 15.2. The van der Waals surface area contributed by atoms with E-state index in [-0.39, 0.29) is 0 Å². The van der Waals surface area contributed by atoms with Crippen LogP contribution in [0.3, 0.4) is 0 Å². The number of hydrogen-bond donors (Lipinski definition) is 1. The van der Waals surface area contributed by atoms with Crippen LogP contribution in [0.2, 0.25) is 0 Å². The van der Waals surface area contributed by atoms with Gasteiger partial charge in [-0.25, -0.2) is 0 Å². The highest BCUT2D eigenvalue weighted by Gasteiger charge is 2.25. The molecule has 1 aliphatic carbocycles. The normalized spacial score (nSPS) is 17.7. The van der Waals surface area contributed by atoms with Crippen LogP contribution in [0.4, 0.5) is 0 Å². The zero-order valence-electron chi connectivity index (χ0n) is 11.2. The van der Waals surface area contributed by atoms with E-state index < -0.39 is 0 Å². The number of rotatable bonds is 5. The maximum atomic E-state index is 5.42. The summed E-state index contributed by atoms with van der Waals surface area (Å²) in [4.78, 5) is 0. The Kier molecular flexibility index (Phi) is 3.99. The molecule has 3 rings (SSSR count). The summed E-state index contributed by atoms with van der Waals surface area (Å²) in [5.74, 6) is 1.77. The first-order valence-corrected chi connectivity index (χ1v) is 7.24. The van der Waals surface area contributed by atoms with Gasteiger partial charge >= 0.3 is 0 Å². The maximum Gasteiger partial charge on any atom is 0.117 e. The molecule has 1 unspecified atom stereocenters. The zero-order chi connectivity index (χ0) is 12.9. The lowest BCUT2D eigenvalue weighted by molar-refractivity contribution is 0.349. The first kappa shape index (κ1) is 12.5. The van der Waals surface area contributed by atoms with Crippen molar-refractivity contribution >= 4 is 0 Å². The van der Waals surface area contributed by atoms with Crippen molar-refractivity contribution in [2.75, 3.05) is 0 Å². The summed E-state index contributed by atoms with van der Waals surface area (Å²) in [6.07, 6.45) is 7.16. The molecular formula is C17H21NO. The summed E-state index contributed by atoms with van der Waals surface area (Å²) >= 11 is 0. The summed E-state index contributed by atoms with van der Waals surface area (Å²) in [7, 11) is 0. The third kappa shape index (κ3) is 3.07. The van der Waals surface area contributed by atoms with Crippen molar-refractivity contribution in [3.63, 3.8) is 0 Å². The molecule has 1 aromatic carbocycles. The van der Waals surface area contributed by atoms with E-state index in [2.05, 4.69) is 35.6 Å². The van der Waals surface area contributed by atoms with Crippen LogP contribution in [-0.2, 0) is 6.54 Å². The molecule has 0 radical (unpaired) electrons. The van der Waals surface area contributed by atoms with E-state index in [0.29, 0.717) is 6.04 Å². The Hall–Kier alpha value is -1.54. The molecule has 2 heteroatoms. The molecule has 1 fully saturated rings. The van der Waals surface area contributed by atoms with Crippen molar-refractivity contribution in [3.05, 3.63) is 60.1 Å². The molecule has 1 aromatic heterocycles. The Morgan fingerprint density at radius 1 is 1.05 bits per heavy atom. The molecular weight excluding hydrogens is 234 g/mol. The van der Waals surface area contributed by atoms with E-state index in [9.17, 15) is 0 Å². The van der Waals surface area contributed by atoms with Gasteiger partial charge in [-0.1, -0.05) is 43.2 Å². The lowest BCUT2D eigenvalue weighted by Crippen LogP contribution is -2.26. The highest BCUT2D eigenvalue weighted by atomic mass is 16.3. The van der Waals surface area contributed by atoms with Crippen LogP contribution >= 0.6 is 0 Å². The first-order chi connectivity index (χ1) is 9.43.